The Bertz CT molecular complexity index is 982. The first-order chi connectivity index (χ1) is 13.4. The van der Waals surface area contributed by atoms with Crippen LogP contribution in [0.4, 0.5) is 5.69 Å². The summed E-state index contributed by atoms with van der Waals surface area (Å²) in [7, 11) is -3.82. The minimum Gasteiger partial charge on any atom is -0.494 e. The molecular formula is C19H20N2O5S2. The van der Waals surface area contributed by atoms with E-state index in [4.69, 9.17) is 4.74 Å². The predicted octanol–water partition coefficient (Wildman–Crippen LogP) is 2.63. The quantitative estimate of drug-likeness (QED) is 0.643. The van der Waals surface area contributed by atoms with Crippen molar-refractivity contribution in [3.8, 4) is 5.75 Å². The Morgan fingerprint density at radius 2 is 1.89 bits per heavy atom. The second-order valence-corrected chi connectivity index (χ2v) is 9.73. The van der Waals surface area contributed by atoms with Gasteiger partial charge in [0, 0.05) is 6.04 Å². The zero-order valence-corrected chi connectivity index (χ0v) is 16.9. The second kappa shape index (κ2) is 7.31. The number of sulfonamides is 1. The summed E-state index contributed by atoms with van der Waals surface area (Å²) >= 11 is 1.11. The molecule has 0 N–H and O–H groups in total. The van der Waals surface area contributed by atoms with Gasteiger partial charge in [-0.2, -0.15) is 4.31 Å². The van der Waals surface area contributed by atoms with E-state index in [0.717, 1.165) is 16.2 Å². The highest BCUT2D eigenvalue weighted by molar-refractivity contribution is 7.91. The number of carbonyl (C=O) groups excluding carboxylic acids is 2. The van der Waals surface area contributed by atoms with Crippen LogP contribution in [-0.2, 0) is 19.6 Å². The van der Waals surface area contributed by atoms with Crippen molar-refractivity contribution in [3.63, 3.8) is 0 Å². The molecule has 2 fully saturated rings. The van der Waals surface area contributed by atoms with E-state index < -0.39 is 27.9 Å². The fraction of sp³-hybridized carbons (Fsp3) is 0.368. The number of ether oxygens (including phenoxy) is 1. The summed E-state index contributed by atoms with van der Waals surface area (Å²) in [5.74, 6) is -0.255. The summed E-state index contributed by atoms with van der Waals surface area (Å²) in [6, 6.07) is 8.61. The van der Waals surface area contributed by atoms with Gasteiger partial charge in [-0.25, -0.2) is 13.3 Å². The second-order valence-electron chi connectivity index (χ2n) is 6.71. The third kappa shape index (κ3) is 3.34. The maximum Gasteiger partial charge on any atom is 0.253 e. The summed E-state index contributed by atoms with van der Waals surface area (Å²) in [5, 5.41) is 1.69. The van der Waals surface area contributed by atoms with Crippen molar-refractivity contribution in [2.45, 2.75) is 42.5 Å². The minimum absolute atomic E-state index is 0.146. The van der Waals surface area contributed by atoms with Crippen molar-refractivity contribution in [2.24, 2.45) is 0 Å². The highest BCUT2D eigenvalue weighted by Gasteiger charge is 2.52. The third-order valence-electron chi connectivity index (χ3n) is 4.77. The van der Waals surface area contributed by atoms with E-state index >= 15 is 0 Å². The fourth-order valence-electron chi connectivity index (χ4n) is 3.41. The van der Waals surface area contributed by atoms with Crippen LogP contribution in [0.5, 0.6) is 5.75 Å². The van der Waals surface area contributed by atoms with Crippen LogP contribution in [0.2, 0.25) is 0 Å². The van der Waals surface area contributed by atoms with Crippen molar-refractivity contribution >= 4 is 38.9 Å². The summed E-state index contributed by atoms with van der Waals surface area (Å²) in [6.07, 6.45) is 1.25. The van der Waals surface area contributed by atoms with Gasteiger partial charge >= 0.3 is 0 Å². The van der Waals surface area contributed by atoms with Crippen LogP contribution in [0.25, 0.3) is 0 Å². The van der Waals surface area contributed by atoms with E-state index in [1.54, 1.807) is 35.7 Å². The molecule has 1 aliphatic heterocycles. The molecule has 7 nitrogen and oxygen atoms in total. The molecule has 1 atom stereocenters. The van der Waals surface area contributed by atoms with Crippen LogP contribution in [0.15, 0.2) is 46.0 Å². The molecule has 2 heterocycles. The van der Waals surface area contributed by atoms with Crippen LogP contribution >= 0.6 is 11.3 Å². The van der Waals surface area contributed by atoms with Gasteiger partial charge < -0.3 is 4.74 Å². The fourth-order valence-corrected chi connectivity index (χ4v) is 6.33. The topological polar surface area (TPSA) is 84.0 Å². The number of rotatable bonds is 7. The first kappa shape index (κ1) is 19.1. The zero-order chi connectivity index (χ0) is 19.9. The monoisotopic (exact) mass is 420 g/mol. The molecule has 4 rings (SSSR count). The number of amides is 2. The van der Waals surface area contributed by atoms with E-state index in [1.807, 2.05) is 6.92 Å². The molecule has 1 unspecified atom stereocenters. The van der Waals surface area contributed by atoms with Gasteiger partial charge in [0.1, 0.15) is 16.0 Å². The number of benzene rings is 1. The van der Waals surface area contributed by atoms with Gasteiger partial charge in [0.15, 0.2) is 0 Å². The Morgan fingerprint density at radius 1 is 1.18 bits per heavy atom. The van der Waals surface area contributed by atoms with Crippen molar-refractivity contribution in [2.75, 3.05) is 11.5 Å². The SMILES string of the molecule is CCOc1ccc(N2C(=O)CC(N(C3CC3)S(=O)(=O)c3cccs3)C2=O)cc1. The van der Waals surface area contributed by atoms with E-state index in [9.17, 15) is 18.0 Å². The van der Waals surface area contributed by atoms with Gasteiger partial charge in [-0.05, 0) is 55.5 Å². The Morgan fingerprint density at radius 3 is 2.46 bits per heavy atom. The predicted molar refractivity (Wildman–Crippen MR) is 105 cm³/mol. The number of hydrogen-bond donors (Lipinski definition) is 0. The molecule has 1 saturated heterocycles. The smallest absolute Gasteiger partial charge is 0.253 e. The molecular weight excluding hydrogens is 400 g/mol. The number of anilines is 1. The minimum atomic E-state index is -3.82. The van der Waals surface area contributed by atoms with E-state index in [2.05, 4.69) is 0 Å². The number of hydrogen-bond acceptors (Lipinski definition) is 6. The number of thiophene rings is 1. The average Bonchev–Trinajstić information content (AvgIpc) is 3.22. The van der Waals surface area contributed by atoms with Crippen LogP contribution in [0.1, 0.15) is 26.2 Å². The molecule has 2 aliphatic rings. The van der Waals surface area contributed by atoms with Gasteiger partial charge in [0.2, 0.25) is 5.91 Å². The van der Waals surface area contributed by atoms with Crippen molar-refractivity contribution in [1.82, 2.24) is 4.31 Å². The lowest BCUT2D eigenvalue weighted by Crippen LogP contribution is -2.46. The Hall–Kier alpha value is -2.23. The largest absolute Gasteiger partial charge is 0.494 e. The molecule has 2 aromatic rings. The van der Waals surface area contributed by atoms with Crippen LogP contribution < -0.4 is 9.64 Å². The molecule has 1 aromatic heterocycles. The first-order valence-electron chi connectivity index (χ1n) is 9.10. The lowest BCUT2D eigenvalue weighted by atomic mass is 10.2. The van der Waals surface area contributed by atoms with Gasteiger partial charge in [-0.3, -0.25) is 9.59 Å². The maximum atomic E-state index is 13.1. The van der Waals surface area contributed by atoms with Gasteiger partial charge in [-0.15, -0.1) is 11.3 Å². The standard InChI is InChI=1S/C19H20N2O5S2/c1-2-26-15-9-7-13(8-10-15)20-17(22)12-16(19(20)23)21(14-5-6-14)28(24,25)18-4-3-11-27-18/h3-4,7-11,14,16H,2,5-6,12H2,1H3. The Labute approximate surface area is 167 Å². The molecule has 1 aliphatic carbocycles. The van der Waals surface area contributed by atoms with Gasteiger partial charge in [-0.1, -0.05) is 6.07 Å². The molecule has 1 aromatic carbocycles. The highest BCUT2D eigenvalue weighted by atomic mass is 32.2. The molecule has 148 valence electrons. The molecule has 2 amide bonds. The van der Waals surface area contributed by atoms with Gasteiger partial charge in [0.25, 0.3) is 15.9 Å². The van der Waals surface area contributed by atoms with Crippen molar-refractivity contribution < 1.29 is 22.7 Å². The average molecular weight is 421 g/mol. The summed E-state index contributed by atoms with van der Waals surface area (Å²) in [6.45, 7) is 2.38. The maximum absolute atomic E-state index is 13.1. The molecule has 0 radical (unpaired) electrons. The zero-order valence-electron chi connectivity index (χ0n) is 15.3. The van der Waals surface area contributed by atoms with Gasteiger partial charge in [0.05, 0.1) is 18.7 Å². The third-order valence-corrected chi connectivity index (χ3v) is 8.10. The molecule has 9 heteroatoms. The van der Waals surface area contributed by atoms with E-state index in [-0.39, 0.29) is 16.7 Å². The summed E-state index contributed by atoms with van der Waals surface area (Å²) < 4.78 is 33.1. The van der Waals surface area contributed by atoms with Crippen molar-refractivity contribution in [3.05, 3.63) is 41.8 Å². The molecule has 28 heavy (non-hydrogen) atoms. The summed E-state index contributed by atoms with van der Waals surface area (Å²) in [5.41, 5.74) is 0.422. The normalized spacial score (nSPS) is 20.2. The molecule has 1 saturated carbocycles. The van der Waals surface area contributed by atoms with E-state index in [0.29, 0.717) is 30.9 Å². The van der Waals surface area contributed by atoms with E-state index in [1.165, 1.54) is 10.4 Å². The van der Waals surface area contributed by atoms with Crippen LogP contribution in [0, 0.1) is 0 Å². The molecule has 0 bridgehead atoms. The lowest BCUT2D eigenvalue weighted by Gasteiger charge is -2.26. The number of imide groups is 1. The number of nitrogens with zero attached hydrogens (tertiary/aromatic N) is 2. The highest BCUT2D eigenvalue weighted by Crippen LogP contribution is 2.39. The van der Waals surface area contributed by atoms with Crippen LogP contribution in [0.3, 0.4) is 0 Å². The summed E-state index contributed by atoms with van der Waals surface area (Å²) in [4.78, 5) is 26.8. The lowest BCUT2D eigenvalue weighted by molar-refractivity contribution is -0.122. The van der Waals surface area contributed by atoms with Crippen LogP contribution in [-0.4, -0.2) is 43.2 Å². The Kier molecular flexibility index (Phi) is 4.98. The number of carbonyl (C=O) groups is 2. The molecule has 0 spiro atoms. The van der Waals surface area contributed by atoms with Crippen molar-refractivity contribution in [1.29, 1.82) is 0 Å². The Balaban J connectivity index is 1.64. The first-order valence-corrected chi connectivity index (χ1v) is 11.4.